The second-order valence-electron chi connectivity index (χ2n) is 3.50. The number of carbonyl (C=O) groups excluding carboxylic acids is 1. The molecule has 0 aliphatic heterocycles. The largest absolute Gasteiger partial charge is 0.287 e. The van der Waals surface area contributed by atoms with Gasteiger partial charge in [0.05, 0.1) is 0 Å². The molecule has 16 heavy (non-hydrogen) atoms. The van der Waals surface area contributed by atoms with Gasteiger partial charge in [0.2, 0.25) is 5.78 Å². The molecule has 0 aliphatic carbocycles. The number of hydrogen-bond donors (Lipinski definition) is 0. The molecular formula is C12H13N3O. The Morgan fingerprint density at radius 1 is 1.38 bits per heavy atom. The third-order valence-electron chi connectivity index (χ3n) is 2.50. The summed E-state index contributed by atoms with van der Waals surface area (Å²) in [4.78, 5) is 16.3. The molecule has 2 aromatic heterocycles. The highest BCUT2D eigenvalue weighted by Gasteiger charge is 2.15. The normalized spacial score (nSPS) is 10.4. The Bertz CT molecular complexity index is 516. The number of aryl methyl sites for hydroxylation is 2. The lowest BCUT2D eigenvalue weighted by atomic mass is 10.1. The number of ketones is 1. The zero-order valence-electron chi connectivity index (χ0n) is 9.34. The highest BCUT2D eigenvalue weighted by atomic mass is 16.1. The summed E-state index contributed by atoms with van der Waals surface area (Å²) in [5, 5.41) is 4.09. The van der Waals surface area contributed by atoms with Crippen molar-refractivity contribution in [3.05, 3.63) is 47.5 Å². The van der Waals surface area contributed by atoms with Crippen LogP contribution in [0.3, 0.4) is 0 Å². The van der Waals surface area contributed by atoms with Gasteiger partial charge in [0, 0.05) is 30.2 Å². The van der Waals surface area contributed by atoms with Gasteiger partial charge in [-0.05, 0) is 32.0 Å². The smallest absolute Gasteiger partial charge is 0.212 e. The van der Waals surface area contributed by atoms with Crippen LogP contribution in [0.2, 0.25) is 0 Å². The van der Waals surface area contributed by atoms with Gasteiger partial charge in [-0.25, -0.2) is 0 Å². The highest BCUT2D eigenvalue weighted by molar-refractivity contribution is 6.08. The SMILES string of the molecule is CCn1nccc1C(=O)c1cccnc1C. The van der Waals surface area contributed by atoms with Crippen molar-refractivity contribution in [3.8, 4) is 0 Å². The maximum atomic E-state index is 12.2. The van der Waals surface area contributed by atoms with Crippen LogP contribution in [0.5, 0.6) is 0 Å². The molecule has 4 heteroatoms. The summed E-state index contributed by atoms with van der Waals surface area (Å²) in [5.74, 6) is -0.0232. The molecule has 2 heterocycles. The molecular weight excluding hydrogens is 202 g/mol. The lowest BCUT2D eigenvalue weighted by Crippen LogP contribution is -2.12. The number of aromatic nitrogens is 3. The Morgan fingerprint density at radius 2 is 2.19 bits per heavy atom. The standard InChI is InChI=1S/C12H13N3O/c1-3-15-11(6-8-14-15)12(16)10-5-4-7-13-9(10)2/h4-8H,3H2,1-2H3. The van der Waals surface area contributed by atoms with Crippen molar-refractivity contribution in [3.63, 3.8) is 0 Å². The van der Waals surface area contributed by atoms with Crippen molar-refractivity contribution in [2.45, 2.75) is 20.4 Å². The lowest BCUT2D eigenvalue weighted by Gasteiger charge is -2.05. The van der Waals surface area contributed by atoms with Crippen molar-refractivity contribution < 1.29 is 4.79 Å². The Balaban J connectivity index is 2.44. The van der Waals surface area contributed by atoms with Gasteiger partial charge in [0.15, 0.2) is 0 Å². The van der Waals surface area contributed by atoms with Gasteiger partial charge in [-0.1, -0.05) is 0 Å². The monoisotopic (exact) mass is 215 g/mol. The molecule has 0 spiro atoms. The fraction of sp³-hybridized carbons (Fsp3) is 0.250. The Morgan fingerprint density at radius 3 is 2.88 bits per heavy atom. The predicted molar refractivity (Wildman–Crippen MR) is 60.3 cm³/mol. The summed E-state index contributed by atoms with van der Waals surface area (Å²) >= 11 is 0. The first-order valence-corrected chi connectivity index (χ1v) is 5.22. The molecule has 0 atom stereocenters. The summed E-state index contributed by atoms with van der Waals surface area (Å²) in [6, 6.07) is 5.29. The van der Waals surface area contributed by atoms with Crippen molar-refractivity contribution in [2.24, 2.45) is 0 Å². The van der Waals surface area contributed by atoms with Crippen LogP contribution < -0.4 is 0 Å². The number of nitrogens with zero attached hydrogens (tertiary/aromatic N) is 3. The van der Waals surface area contributed by atoms with Gasteiger partial charge in [0.25, 0.3) is 0 Å². The third kappa shape index (κ3) is 1.74. The molecule has 82 valence electrons. The van der Waals surface area contributed by atoms with Crippen molar-refractivity contribution >= 4 is 5.78 Å². The van der Waals surface area contributed by atoms with Gasteiger partial charge >= 0.3 is 0 Å². The number of hydrogen-bond acceptors (Lipinski definition) is 3. The van der Waals surface area contributed by atoms with Crippen molar-refractivity contribution in [1.29, 1.82) is 0 Å². The van der Waals surface area contributed by atoms with E-state index in [4.69, 9.17) is 0 Å². The lowest BCUT2D eigenvalue weighted by molar-refractivity contribution is 0.102. The van der Waals surface area contributed by atoms with Gasteiger partial charge in [-0.2, -0.15) is 5.10 Å². The molecule has 0 unspecified atom stereocenters. The van der Waals surface area contributed by atoms with Crippen molar-refractivity contribution in [1.82, 2.24) is 14.8 Å². The first-order chi connectivity index (χ1) is 7.74. The van der Waals surface area contributed by atoms with Crippen LogP contribution in [0.1, 0.15) is 28.7 Å². The Hall–Kier alpha value is -1.97. The van der Waals surface area contributed by atoms with Gasteiger partial charge in [0.1, 0.15) is 5.69 Å². The zero-order valence-corrected chi connectivity index (χ0v) is 9.34. The molecule has 2 rings (SSSR count). The van der Waals surface area contributed by atoms with E-state index in [1.54, 1.807) is 35.3 Å². The van der Waals surface area contributed by atoms with Crippen LogP contribution in [0.15, 0.2) is 30.6 Å². The van der Waals surface area contributed by atoms with E-state index in [1.165, 1.54) is 0 Å². The van der Waals surface area contributed by atoms with Gasteiger partial charge in [-0.3, -0.25) is 14.5 Å². The molecule has 0 bridgehead atoms. The van der Waals surface area contributed by atoms with E-state index in [9.17, 15) is 4.79 Å². The number of carbonyl (C=O) groups is 1. The number of pyridine rings is 1. The Kier molecular flexibility index (Phi) is 2.81. The molecule has 0 aromatic carbocycles. The average molecular weight is 215 g/mol. The third-order valence-corrected chi connectivity index (χ3v) is 2.50. The Labute approximate surface area is 93.9 Å². The fourth-order valence-electron chi connectivity index (χ4n) is 1.64. The van der Waals surface area contributed by atoms with Crippen molar-refractivity contribution in [2.75, 3.05) is 0 Å². The van der Waals surface area contributed by atoms with E-state index < -0.39 is 0 Å². The zero-order chi connectivity index (χ0) is 11.5. The molecule has 0 fully saturated rings. The summed E-state index contributed by atoms with van der Waals surface area (Å²) in [6.45, 7) is 4.48. The fourth-order valence-corrected chi connectivity index (χ4v) is 1.64. The minimum Gasteiger partial charge on any atom is -0.287 e. The second-order valence-corrected chi connectivity index (χ2v) is 3.50. The topological polar surface area (TPSA) is 47.8 Å². The molecule has 0 saturated carbocycles. The van der Waals surface area contributed by atoms with Gasteiger partial charge in [-0.15, -0.1) is 0 Å². The van der Waals surface area contributed by atoms with E-state index in [2.05, 4.69) is 10.1 Å². The van der Waals surface area contributed by atoms with E-state index in [0.717, 1.165) is 5.69 Å². The maximum Gasteiger partial charge on any atom is 0.212 e. The summed E-state index contributed by atoms with van der Waals surface area (Å²) in [5.41, 5.74) is 1.99. The van der Waals surface area contributed by atoms with E-state index in [0.29, 0.717) is 17.8 Å². The van der Waals surface area contributed by atoms with E-state index >= 15 is 0 Å². The second kappa shape index (κ2) is 4.26. The summed E-state index contributed by atoms with van der Waals surface area (Å²) in [6.07, 6.45) is 3.33. The van der Waals surface area contributed by atoms with Crippen LogP contribution >= 0.6 is 0 Å². The average Bonchev–Trinajstić information content (AvgIpc) is 2.77. The maximum absolute atomic E-state index is 12.2. The first kappa shape index (κ1) is 10.5. The minimum absolute atomic E-state index is 0.0232. The van der Waals surface area contributed by atoms with Crippen LogP contribution in [-0.2, 0) is 6.54 Å². The summed E-state index contributed by atoms with van der Waals surface area (Å²) < 4.78 is 1.69. The quantitative estimate of drug-likeness (QED) is 0.734. The van der Waals surface area contributed by atoms with E-state index in [1.807, 2.05) is 13.8 Å². The van der Waals surface area contributed by atoms with Crippen LogP contribution in [0, 0.1) is 6.92 Å². The van der Waals surface area contributed by atoms with Crippen LogP contribution in [0.25, 0.3) is 0 Å². The van der Waals surface area contributed by atoms with Crippen LogP contribution in [0.4, 0.5) is 0 Å². The molecule has 4 nitrogen and oxygen atoms in total. The number of rotatable bonds is 3. The molecule has 0 amide bonds. The molecule has 0 N–H and O–H groups in total. The van der Waals surface area contributed by atoms with Gasteiger partial charge < -0.3 is 0 Å². The highest BCUT2D eigenvalue weighted by Crippen LogP contribution is 2.11. The minimum atomic E-state index is -0.0232. The molecule has 0 radical (unpaired) electrons. The van der Waals surface area contributed by atoms with Crippen LogP contribution in [-0.4, -0.2) is 20.5 Å². The molecule has 0 saturated heterocycles. The predicted octanol–water partition coefficient (Wildman–Crippen LogP) is 1.84. The molecule has 0 aliphatic rings. The molecule has 2 aromatic rings. The summed E-state index contributed by atoms with van der Waals surface area (Å²) in [7, 11) is 0. The van der Waals surface area contributed by atoms with E-state index in [-0.39, 0.29) is 5.78 Å². The first-order valence-electron chi connectivity index (χ1n) is 5.22.